The number of hydrogen-bond acceptors (Lipinski definition) is 6. The third kappa shape index (κ3) is 3.17. The molecule has 0 bridgehead atoms. The summed E-state index contributed by atoms with van der Waals surface area (Å²) < 4.78 is 16.6. The quantitative estimate of drug-likeness (QED) is 0.778. The Bertz CT molecular complexity index is 817. The van der Waals surface area contributed by atoms with Gasteiger partial charge in [0, 0.05) is 6.42 Å². The van der Waals surface area contributed by atoms with Gasteiger partial charge in [0.05, 0.1) is 12.2 Å². The third-order valence-corrected chi connectivity index (χ3v) is 3.71. The molecule has 6 nitrogen and oxygen atoms in total. The van der Waals surface area contributed by atoms with Crippen LogP contribution in [0.2, 0.25) is 0 Å². The Hall–Kier alpha value is -3.02. The molecule has 4 rings (SSSR count). The van der Waals surface area contributed by atoms with Gasteiger partial charge in [-0.25, -0.2) is 0 Å². The predicted molar refractivity (Wildman–Crippen MR) is 88.3 cm³/mol. The zero-order valence-electron chi connectivity index (χ0n) is 13.1. The first kappa shape index (κ1) is 14.6. The van der Waals surface area contributed by atoms with Crippen LogP contribution in [0.3, 0.4) is 0 Å². The fraction of sp³-hybridized carbons (Fsp3) is 0.222. The third-order valence-electron chi connectivity index (χ3n) is 3.71. The molecule has 0 saturated heterocycles. The molecule has 2 aromatic carbocycles. The van der Waals surface area contributed by atoms with E-state index < -0.39 is 0 Å². The molecule has 3 aromatic rings. The average molecular weight is 323 g/mol. The summed E-state index contributed by atoms with van der Waals surface area (Å²) in [5.41, 5.74) is 2.01. The van der Waals surface area contributed by atoms with Gasteiger partial charge in [-0.15, -0.1) is 0 Å². The van der Waals surface area contributed by atoms with E-state index >= 15 is 0 Å². The number of para-hydroxylation sites is 1. The average Bonchev–Trinajstić information content (AvgIpc) is 3.08. The summed E-state index contributed by atoms with van der Waals surface area (Å²) >= 11 is 0. The number of nitrogens with zero attached hydrogens (tertiary/aromatic N) is 2. The highest BCUT2D eigenvalue weighted by Crippen LogP contribution is 2.37. The Morgan fingerprint density at radius 3 is 2.75 bits per heavy atom. The first-order chi connectivity index (χ1) is 11.9. The lowest BCUT2D eigenvalue weighted by Crippen LogP contribution is -2.16. The second-order valence-corrected chi connectivity index (χ2v) is 5.45. The largest absolute Gasteiger partial charge is 0.486 e. The molecule has 0 spiro atoms. The normalized spacial score (nSPS) is 12.8. The maximum atomic E-state index is 5.67. The summed E-state index contributed by atoms with van der Waals surface area (Å²) in [6.45, 7) is 1.55. The lowest BCUT2D eigenvalue weighted by atomic mass is 10.1. The van der Waals surface area contributed by atoms with E-state index in [4.69, 9.17) is 14.0 Å². The van der Waals surface area contributed by atoms with Crippen LogP contribution in [0.1, 0.15) is 17.3 Å². The molecule has 0 saturated carbocycles. The molecule has 0 aliphatic carbocycles. The molecular formula is C18H17N3O3. The van der Waals surface area contributed by atoms with Crippen molar-refractivity contribution in [1.82, 2.24) is 10.1 Å². The van der Waals surface area contributed by atoms with E-state index in [0.717, 1.165) is 22.7 Å². The summed E-state index contributed by atoms with van der Waals surface area (Å²) in [5, 5.41) is 7.29. The van der Waals surface area contributed by atoms with Crippen LogP contribution in [-0.4, -0.2) is 23.4 Å². The van der Waals surface area contributed by atoms with E-state index in [0.29, 0.717) is 37.9 Å². The molecule has 24 heavy (non-hydrogen) atoms. The highest BCUT2D eigenvalue weighted by atomic mass is 16.6. The zero-order valence-corrected chi connectivity index (χ0v) is 13.1. The fourth-order valence-electron chi connectivity index (χ4n) is 2.60. The SMILES string of the molecule is c1ccc(Cc2noc(CNc3cccc4c3OCCO4)n2)cc1. The van der Waals surface area contributed by atoms with Crippen LogP contribution in [0.15, 0.2) is 53.1 Å². The Kier molecular flexibility index (Phi) is 4.02. The monoisotopic (exact) mass is 323 g/mol. The van der Waals surface area contributed by atoms with Crippen LogP contribution in [0.5, 0.6) is 11.5 Å². The van der Waals surface area contributed by atoms with Crippen molar-refractivity contribution in [2.24, 2.45) is 0 Å². The van der Waals surface area contributed by atoms with Crippen LogP contribution in [0.25, 0.3) is 0 Å². The molecule has 1 N–H and O–H groups in total. The van der Waals surface area contributed by atoms with Crippen LogP contribution in [0.4, 0.5) is 5.69 Å². The van der Waals surface area contributed by atoms with Gasteiger partial charge in [0.2, 0.25) is 5.89 Å². The molecule has 0 radical (unpaired) electrons. The molecule has 1 aliphatic heterocycles. The minimum absolute atomic E-state index is 0.432. The minimum atomic E-state index is 0.432. The number of hydrogen-bond donors (Lipinski definition) is 1. The van der Waals surface area contributed by atoms with Crippen molar-refractivity contribution in [3.63, 3.8) is 0 Å². The first-order valence-electron chi connectivity index (χ1n) is 7.86. The second kappa shape index (κ2) is 6.62. The van der Waals surface area contributed by atoms with E-state index in [1.807, 2.05) is 48.5 Å². The zero-order chi connectivity index (χ0) is 16.2. The van der Waals surface area contributed by atoms with Crippen LogP contribution >= 0.6 is 0 Å². The van der Waals surface area contributed by atoms with Crippen molar-refractivity contribution in [1.29, 1.82) is 0 Å². The van der Waals surface area contributed by atoms with Gasteiger partial charge in [-0.2, -0.15) is 4.98 Å². The van der Waals surface area contributed by atoms with E-state index in [1.165, 1.54) is 0 Å². The van der Waals surface area contributed by atoms with E-state index in [9.17, 15) is 0 Å². The number of fused-ring (bicyclic) bond motifs is 1. The molecule has 0 unspecified atom stereocenters. The van der Waals surface area contributed by atoms with Crippen LogP contribution in [-0.2, 0) is 13.0 Å². The van der Waals surface area contributed by atoms with Gasteiger partial charge in [0.25, 0.3) is 0 Å². The fourth-order valence-corrected chi connectivity index (χ4v) is 2.60. The summed E-state index contributed by atoms with van der Waals surface area (Å²) in [7, 11) is 0. The number of rotatable bonds is 5. The van der Waals surface area contributed by atoms with Crippen molar-refractivity contribution in [2.75, 3.05) is 18.5 Å². The van der Waals surface area contributed by atoms with Gasteiger partial charge in [-0.05, 0) is 17.7 Å². The molecule has 6 heteroatoms. The number of benzene rings is 2. The van der Waals surface area contributed by atoms with Crippen molar-refractivity contribution in [2.45, 2.75) is 13.0 Å². The number of nitrogens with one attached hydrogen (secondary N) is 1. The van der Waals surface area contributed by atoms with Crippen molar-refractivity contribution in [3.05, 3.63) is 65.8 Å². The van der Waals surface area contributed by atoms with Gasteiger partial charge < -0.3 is 19.3 Å². The predicted octanol–water partition coefficient (Wildman–Crippen LogP) is 3.04. The van der Waals surface area contributed by atoms with Gasteiger partial charge in [0.15, 0.2) is 17.3 Å². The van der Waals surface area contributed by atoms with Crippen molar-refractivity contribution in [3.8, 4) is 11.5 Å². The smallest absolute Gasteiger partial charge is 0.245 e. The second-order valence-electron chi connectivity index (χ2n) is 5.45. The number of anilines is 1. The van der Waals surface area contributed by atoms with E-state index in [1.54, 1.807) is 0 Å². The Morgan fingerprint density at radius 2 is 1.83 bits per heavy atom. The molecule has 0 fully saturated rings. The molecular weight excluding hydrogens is 306 g/mol. The molecule has 1 aliphatic rings. The van der Waals surface area contributed by atoms with E-state index in [2.05, 4.69) is 15.5 Å². The van der Waals surface area contributed by atoms with Gasteiger partial charge in [-0.3, -0.25) is 0 Å². The Labute approximate surface area is 139 Å². The maximum absolute atomic E-state index is 5.67. The van der Waals surface area contributed by atoms with Gasteiger partial charge >= 0.3 is 0 Å². The topological polar surface area (TPSA) is 69.4 Å². The van der Waals surface area contributed by atoms with Crippen LogP contribution < -0.4 is 14.8 Å². The van der Waals surface area contributed by atoms with Crippen LogP contribution in [0, 0.1) is 0 Å². The highest BCUT2D eigenvalue weighted by Gasteiger charge is 2.16. The minimum Gasteiger partial charge on any atom is -0.486 e. The van der Waals surface area contributed by atoms with Crippen molar-refractivity contribution < 1.29 is 14.0 Å². The number of ether oxygens (including phenoxy) is 2. The Balaban J connectivity index is 1.42. The molecule has 2 heterocycles. The summed E-state index contributed by atoms with van der Waals surface area (Å²) in [6.07, 6.45) is 0.655. The molecule has 1 aromatic heterocycles. The molecule has 122 valence electrons. The van der Waals surface area contributed by atoms with Crippen molar-refractivity contribution >= 4 is 5.69 Å². The van der Waals surface area contributed by atoms with Gasteiger partial charge in [0.1, 0.15) is 13.2 Å². The summed E-state index contributed by atoms with van der Waals surface area (Å²) in [4.78, 5) is 4.42. The van der Waals surface area contributed by atoms with Gasteiger partial charge in [-0.1, -0.05) is 41.6 Å². The number of aromatic nitrogens is 2. The first-order valence-corrected chi connectivity index (χ1v) is 7.86. The molecule has 0 amide bonds. The van der Waals surface area contributed by atoms with E-state index in [-0.39, 0.29) is 0 Å². The Morgan fingerprint density at radius 1 is 0.958 bits per heavy atom. The highest BCUT2D eigenvalue weighted by molar-refractivity contribution is 5.63. The summed E-state index contributed by atoms with van der Waals surface area (Å²) in [5.74, 6) is 2.69. The molecule has 0 atom stereocenters. The standard InChI is InChI=1S/C18H17N3O3/c1-2-5-13(6-3-1)11-16-20-17(24-21-16)12-19-14-7-4-8-15-18(14)23-10-9-22-15/h1-8,19H,9-12H2. The lowest BCUT2D eigenvalue weighted by Gasteiger charge is -2.21. The lowest BCUT2D eigenvalue weighted by molar-refractivity contribution is 0.172. The summed E-state index contributed by atoms with van der Waals surface area (Å²) in [6, 6.07) is 15.8. The maximum Gasteiger partial charge on any atom is 0.245 e.